The van der Waals surface area contributed by atoms with E-state index in [-0.39, 0.29) is 11.7 Å². The Morgan fingerprint density at radius 1 is 1.28 bits per heavy atom. The Hall–Kier alpha value is -1.42. The molecule has 1 aromatic carbocycles. The number of nitrogens with one attached hydrogen (secondary N) is 1. The van der Waals surface area contributed by atoms with Crippen molar-refractivity contribution in [1.29, 1.82) is 0 Å². The summed E-state index contributed by atoms with van der Waals surface area (Å²) >= 11 is 0. The average molecular weight is 261 g/mol. The summed E-state index contributed by atoms with van der Waals surface area (Å²) in [5.74, 6) is 0.165. The third kappa shape index (κ3) is 2.87. The molecule has 4 heteroatoms. The van der Waals surface area contributed by atoms with Crippen molar-refractivity contribution in [3.05, 3.63) is 34.9 Å². The molecule has 0 heterocycles. The number of Topliss-reactive ketones (excluding diaryl/α,β-unsaturated/α-hetero) is 1. The van der Waals surface area contributed by atoms with Crippen molar-refractivity contribution >= 4 is 19.8 Å². The number of amides is 1. The molecule has 1 aliphatic rings. The van der Waals surface area contributed by atoms with E-state index in [1.54, 1.807) is 12.1 Å². The Kier molecular flexibility index (Phi) is 3.39. The van der Waals surface area contributed by atoms with Crippen LogP contribution in [0.25, 0.3) is 0 Å². The smallest absolute Gasteiger partial charge is 0.251 e. The fourth-order valence-electron chi connectivity index (χ4n) is 2.04. The van der Waals surface area contributed by atoms with Crippen molar-refractivity contribution in [3.8, 4) is 0 Å². The second-order valence-corrected chi connectivity index (χ2v) is 11.5. The number of hydrogen-bond acceptors (Lipinski definition) is 2. The SMILES string of the molecule is C[Si](C)(C)CNC(=O)c1ccc2c(c1)CCC2=O. The molecule has 1 aliphatic carbocycles. The molecular weight excluding hydrogens is 242 g/mol. The molecule has 1 amide bonds. The summed E-state index contributed by atoms with van der Waals surface area (Å²) in [5.41, 5.74) is 2.47. The van der Waals surface area contributed by atoms with E-state index in [4.69, 9.17) is 0 Å². The van der Waals surface area contributed by atoms with E-state index in [0.29, 0.717) is 12.0 Å². The van der Waals surface area contributed by atoms with Gasteiger partial charge in [-0.15, -0.1) is 0 Å². The van der Waals surface area contributed by atoms with Crippen LogP contribution in [0.5, 0.6) is 0 Å². The number of aryl methyl sites for hydroxylation is 1. The molecule has 0 unspecified atom stereocenters. The van der Waals surface area contributed by atoms with Gasteiger partial charge in [-0.2, -0.15) is 0 Å². The number of ketones is 1. The first-order chi connectivity index (χ1) is 8.37. The summed E-state index contributed by atoms with van der Waals surface area (Å²) in [6.45, 7) is 6.65. The van der Waals surface area contributed by atoms with E-state index in [9.17, 15) is 9.59 Å². The summed E-state index contributed by atoms with van der Waals surface area (Å²) in [6, 6.07) is 5.40. The number of hydrogen-bond donors (Lipinski definition) is 1. The van der Waals surface area contributed by atoms with Gasteiger partial charge in [-0.05, 0) is 24.1 Å². The summed E-state index contributed by atoms with van der Waals surface area (Å²) in [7, 11) is -1.27. The first kappa shape index (κ1) is 13.0. The molecule has 2 rings (SSSR count). The number of carbonyl (C=O) groups is 2. The van der Waals surface area contributed by atoms with Crippen LogP contribution in [-0.4, -0.2) is 25.9 Å². The number of benzene rings is 1. The first-order valence-corrected chi connectivity index (χ1v) is 10.0. The Labute approximate surface area is 109 Å². The fourth-order valence-corrected chi connectivity index (χ4v) is 2.74. The zero-order valence-corrected chi connectivity index (χ0v) is 12.2. The summed E-state index contributed by atoms with van der Waals surface area (Å²) in [6.07, 6.45) is 2.13. The van der Waals surface area contributed by atoms with Crippen molar-refractivity contribution < 1.29 is 9.59 Å². The van der Waals surface area contributed by atoms with Gasteiger partial charge in [0.25, 0.3) is 5.91 Å². The molecule has 0 aromatic heterocycles. The van der Waals surface area contributed by atoms with Crippen LogP contribution in [0.15, 0.2) is 18.2 Å². The molecule has 0 saturated carbocycles. The van der Waals surface area contributed by atoms with Crippen LogP contribution in [0.2, 0.25) is 19.6 Å². The number of fused-ring (bicyclic) bond motifs is 1. The Balaban J connectivity index is 2.11. The molecule has 1 aromatic rings. The molecule has 0 fully saturated rings. The molecular formula is C14H19NO2Si. The molecule has 0 atom stereocenters. The maximum atomic E-state index is 12.0. The second-order valence-electron chi connectivity index (χ2n) is 6.04. The minimum atomic E-state index is -1.27. The van der Waals surface area contributed by atoms with Gasteiger partial charge in [-0.1, -0.05) is 25.7 Å². The van der Waals surface area contributed by atoms with Gasteiger partial charge in [-0.25, -0.2) is 0 Å². The summed E-state index contributed by atoms with van der Waals surface area (Å²) < 4.78 is 0. The Morgan fingerprint density at radius 3 is 2.67 bits per heavy atom. The summed E-state index contributed by atoms with van der Waals surface area (Å²) in [5, 5.41) is 2.98. The maximum Gasteiger partial charge on any atom is 0.251 e. The van der Waals surface area contributed by atoms with Crippen LogP contribution in [0.1, 0.15) is 32.7 Å². The average Bonchev–Trinajstić information content (AvgIpc) is 2.66. The van der Waals surface area contributed by atoms with Crippen LogP contribution >= 0.6 is 0 Å². The Bertz CT molecular complexity index is 503. The predicted octanol–water partition coefficient (Wildman–Crippen LogP) is 2.42. The lowest BCUT2D eigenvalue weighted by molar-refractivity contribution is 0.0956. The van der Waals surface area contributed by atoms with Crippen molar-refractivity contribution in [2.24, 2.45) is 0 Å². The molecule has 0 aliphatic heterocycles. The molecule has 0 radical (unpaired) electrons. The van der Waals surface area contributed by atoms with E-state index in [1.165, 1.54) is 0 Å². The molecule has 96 valence electrons. The van der Waals surface area contributed by atoms with Gasteiger partial charge in [0.1, 0.15) is 0 Å². The van der Waals surface area contributed by atoms with E-state index in [1.807, 2.05) is 6.07 Å². The molecule has 0 bridgehead atoms. The lowest BCUT2D eigenvalue weighted by atomic mass is 10.1. The lowest BCUT2D eigenvalue weighted by Crippen LogP contribution is -2.39. The first-order valence-electron chi connectivity index (χ1n) is 6.31. The topological polar surface area (TPSA) is 46.2 Å². The van der Waals surface area contributed by atoms with E-state index < -0.39 is 8.07 Å². The van der Waals surface area contributed by atoms with Gasteiger partial charge in [0.2, 0.25) is 0 Å². The van der Waals surface area contributed by atoms with Crippen molar-refractivity contribution in [1.82, 2.24) is 5.32 Å². The van der Waals surface area contributed by atoms with E-state index in [0.717, 1.165) is 23.7 Å². The van der Waals surface area contributed by atoms with Gasteiger partial charge >= 0.3 is 0 Å². The standard InChI is InChI=1S/C14H19NO2Si/c1-18(2,3)9-15-14(17)11-4-6-12-10(8-11)5-7-13(12)16/h4,6,8H,5,7,9H2,1-3H3,(H,15,17). The lowest BCUT2D eigenvalue weighted by Gasteiger charge is -2.16. The monoisotopic (exact) mass is 261 g/mol. The van der Waals surface area contributed by atoms with Crippen LogP contribution < -0.4 is 5.32 Å². The van der Waals surface area contributed by atoms with Crippen molar-refractivity contribution in [3.63, 3.8) is 0 Å². The highest BCUT2D eigenvalue weighted by Crippen LogP contribution is 2.22. The zero-order chi connectivity index (χ0) is 13.3. The molecule has 18 heavy (non-hydrogen) atoms. The third-order valence-corrected chi connectivity index (χ3v) is 4.31. The highest BCUT2D eigenvalue weighted by molar-refractivity contribution is 6.76. The largest absolute Gasteiger partial charge is 0.355 e. The summed E-state index contributed by atoms with van der Waals surface area (Å²) in [4.78, 5) is 23.5. The van der Waals surface area contributed by atoms with Crippen LogP contribution in [-0.2, 0) is 6.42 Å². The highest BCUT2D eigenvalue weighted by atomic mass is 28.3. The third-order valence-electron chi connectivity index (χ3n) is 3.07. The van der Waals surface area contributed by atoms with Gasteiger partial charge in [-0.3, -0.25) is 9.59 Å². The molecule has 0 spiro atoms. The minimum absolute atomic E-state index is 0.0282. The van der Waals surface area contributed by atoms with Crippen LogP contribution in [0.3, 0.4) is 0 Å². The van der Waals surface area contributed by atoms with E-state index >= 15 is 0 Å². The second kappa shape index (κ2) is 4.69. The normalized spacial score (nSPS) is 14.5. The van der Waals surface area contributed by atoms with Gasteiger partial charge in [0.15, 0.2) is 5.78 Å². The van der Waals surface area contributed by atoms with E-state index in [2.05, 4.69) is 25.0 Å². The minimum Gasteiger partial charge on any atom is -0.355 e. The van der Waals surface area contributed by atoms with Gasteiger partial charge < -0.3 is 5.32 Å². The maximum absolute atomic E-state index is 12.0. The molecule has 1 N–H and O–H groups in total. The molecule has 3 nitrogen and oxygen atoms in total. The number of rotatable bonds is 3. The predicted molar refractivity (Wildman–Crippen MR) is 74.8 cm³/mol. The number of carbonyl (C=O) groups excluding carboxylic acids is 2. The highest BCUT2D eigenvalue weighted by Gasteiger charge is 2.21. The van der Waals surface area contributed by atoms with Crippen LogP contribution in [0, 0.1) is 0 Å². The van der Waals surface area contributed by atoms with Gasteiger partial charge in [0.05, 0.1) is 8.07 Å². The van der Waals surface area contributed by atoms with Crippen molar-refractivity contribution in [2.45, 2.75) is 32.5 Å². The van der Waals surface area contributed by atoms with Gasteiger partial charge in [0, 0.05) is 23.7 Å². The Morgan fingerprint density at radius 2 is 2.00 bits per heavy atom. The quantitative estimate of drug-likeness (QED) is 0.849. The fraction of sp³-hybridized carbons (Fsp3) is 0.429. The molecule has 0 saturated heterocycles. The van der Waals surface area contributed by atoms with Crippen molar-refractivity contribution in [2.75, 3.05) is 6.17 Å². The zero-order valence-electron chi connectivity index (χ0n) is 11.2. The van der Waals surface area contributed by atoms with Crippen LogP contribution in [0.4, 0.5) is 0 Å².